The SMILES string of the molecule is CCCc1cccc2cc(-c3nc4cc(C(=O)N5C[C@H]6CC[C@@H]5[C@@H]6N)cc(OC)c4n3C)n(CC3CC3)c12. The van der Waals surface area contributed by atoms with Gasteiger partial charge in [0.05, 0.1) is 23.8 Å². The third-order valence-corrected chi connectivity index (χ3v) is 9.21. The molecule has 2 N–H and O–H groups in total. The van der Waals surface area contributed by atoms with Gasteiger partial charge in [0.1, 0.15) is 11.3 Å². The molecule has 3 atom stereocenters. The van der Waals surface area contributed by atoms with Crippen LogP contribution < -0.4 is 10.5 Å². The van der Waals surface area contributed by atoms with Gasteiger partial charge in [-0.3, -0.25) is 4.79 Å². The van der Waals surface area contributed by atoms with E-state index < -0.39 is 0 Å². The second-order valence-corrected chi connectivity index (χ2v) is 11.7. The smallest absolute Gasteiger partial charge is 0.254 e. The lowest BCUT2D eigenvalue weighted by atomic mass is 10.1. The van der Waals surface area contributed by atoms with E-state index in [0.717, 1.165) is 67.2 Å². The van der Waals surface area contributed by atoms with Crippen molar-refractivity contribution in [3.63, 3.8) is 0 Å². The summed E-state index contributed by atoms with van der Waals surface area (Å²) in [6.45, 7) is 4.01. The summed E-state index contributed by atoms with van der Waals surface area (Å²) in [6.07, 6.45) is 6.88. The Kier molecular flexibility index (Phi) is 5.55. The minimum absolute atomic E-state index is 0.0344. The fourth-order valence-corrected chi connectivity index (χ4v) is 7.07. The van der Waals surface area contributed by atoms with E-state index in [1.807, 2.05) is 17.0 Å². The highest BCUT2D eigenvalue weighted by molar-refractivity contribution is 6.00. The summed E-state index contributed by atoms with van der Waals surface area (Å²) in [4.78, 5) is 20.8. The third kappa shape index (κ3) is 3.58. The first kappa shape index (κ1) is 23.8. The molecule has 7 nitrogen and oxygen atoms in total. The summed E-state index contributed by atoms with van der Waals surface area (Å²) in [5, 5.41) is 1.27. The summed E-state index contributed by atoms with van der Waals surface area (Å²) < 4.78 is 10.5. The predicted octanol–water partition coefficient (Wildman–Crippen LogP) is 5.13. The molecule has 1 amide bonds. The fraction of sp³-hybridized carbons (Fsp3) is 0.484. The summed E-state index contributed by atoms with van der Waals surface area (Å²) in [6, 6.07) is 13.0. The molecule has 2 aromatic heterocycles. The molecule has 3 aliphatic rings. The molecule has 2 aliphatic carbocycles. The van der Waals surface area contributed by atoms with Crippen molar-refractivity contribution in [3.8, 4) is 17.3 Å². The Morgan fingerprint density at radius 3 is 2.66 bits per heavy atom. The van der Waals surface area contributed by atoms with Crippen molar-refractivity contribution in [3.05, 3.63) is 47.5 Å². The van der Waals surface area contributed by atoms with Crippen LogP contribution in [0.3, 0.4) is 0 Å². The number of amides is 1. The highest BCUT2D eigenvalue weighted by Crippen LogP contribution is 2.40. The number of para-hydroxylation sites is 1. The Morgan fingerprint density at radius 2 is 1.97 bits per heavy atom. The van der Waals surface area contributed by atoms with Crippen LogP contribution in [0.15, 0.2) is 36.4 Å². The van der Waals surface area contributed by atoms with Gasteiger partial charge in [0.2, 0.25) is 0 Å². The summed E-state index contributed by atoms with van der Waals surface area (Å²) >= 11 is 0. The zero-order valence-electron chi connectivity index (χ0n) is 22.6. The maximum absolute atomic E-state index is 13.6. The Bertz CT molecular complexity index is 1560. The number of hydrogen-bond donors (Lipinski definition) is 1. The van der Waals surface area contributed by atoms with Gasteiger partial charge in [0.25, 0.3) is 5.91 Å². The van der Waals surface area contributed by atoms with Crippen LogP contribution in [0.4, 0.5) is 0 Å². The number of aromatic nitrogens is 3. The van der Waals surface area contributed by atoms with Gasteiger partial charge in [0.15, 0.2) is 5.82 Å². The Morgan fingerprint density at radius 1 is 1.13 bits per heavy atom. The number of carbonyl (C=O) groups is 1. The zero-order valence-corrected chi connectivity index (χ0v) is 22.6. The standard InChI is InChI=1S/C31H37N5O2/c1-4-6-19-7-5-8-20-14-25(35(28(19)20)16-18-9-10-18)30-33-23-13-22(15-26(38-3)29(23)34(30)2)31(37)36-17-21-11-12-24(36)27(21)32/h5,7-8,13-15,18,21,24,27H,4,6,9-12,16-17,32H2,1-3H3/t21-,24-,27-/m1/s1. The van der Waals surface area contributed by atoms with E-state index in [4.69, 9.17) is 15.5 Å². The van der Waals surface area contributed by atoms with Crippen molar-refractivity contribution in [2.24, 2.45) is 24.6 Å². The number of nitrogens with two attached hydrogens (primary N) is 1. The van der Waals surface area contributed by atoms with Crippen LogP contribution in [0.25, 0.3) is 33.5 Å². The van der Waals surface area contributed by atoms with E-state index in [9.17, 15) is 4.79 Å². The average molecular weight is 512 g/mol. The van der Waals surface area contributed by atoms with Crippen LogP contribution in [-0.2, 0) is 20.0 Å². The maximum Gasteiger partial charge on any atom is 0.254 e. The molecule has 0 radical (unpaired) electrons. The molecule has 4 aromatic rings. The molecule has 3 fully saturated rings. The second kappa shape index (κ2) is 8.87. The van der Waals surface area contributed by atoms with Gasteiger partial charge >= 0.3 is 0 Å². The molecule has 7 rings (SSSR count). The Balaban J connectivity index is 1.36. The minimum Gasteiger partial charge on any atom is -0.494 e. The van der Waals surface area contributed by atoms with Gasteiger partial charge in [-0.25, -0.2) is 4.98 Å². The van der Waals surface area contributed by atoms with E-state index in [2.05, 4.69) is 47.4 Å². The predicted molar refractivity (Wildman–Crippen MR) is 150 cm³/mol. The highest BCUT2D eigenvalue weighted by atomic mass is 16.5. The first-order valence-corrected chi connectivity index (χ1v) is 14.2. The van der Waals surface area contributed by atoms with E-state index in [1.165, 1.54) is 29.3 Å². The second-order valence-electron chi connectivity index (χ2n) is 11.7. The van der Waals surface area contributed by atoms with Gasteiger partial charge in [-0.2, -0.15) is 0 Å². The molecule has 1 saturated heterocycles. The molecule has 0 unspecified atom stereocenters. The van der Waals surface area contributed by atoms with Crippen LogP contribution >= 0.6 is 0 Å². The average Bonchev–Trinajstić information content (AvgIpc) is 3.31. The minimum atomic E-state index is 0.0344. The molecule has 1 aliphatic heterocycles. The molecular formula is C31H37N5O2. The summed E-state index contributed by atoms with van der Waals surface area (Å²) in [5.74, 6) is 2.77. The van der Waals surface area contributed by atoms with Crippen LogP contribution in [0, 0.1) is 11.8 Å². The number of rotatable bonds is 7. The normalized spacial score (nSPS) is 22.7. The van der Waals surface area contributed by atoms with Gasteiger partial charge in [-0.1, -0.05) is 31.5 Å². The Labute approximate surface area is 223 Å². The number of imidazole rings is 1. The van der Waals surface area contributed by atoms with Crippen LogP contribution in [0.2, 0.25) is 0 Å². The molecule has 38 heavy (non-hydrogen) atoms. The summed E-state index contributed by atoms with van der Waals surface area (Å²) in [5.41, 5.74) is 12.6. The van der Waals surface area contributed by atoms with Gasteiger partial charge < -0.3 is 24.5 Å². The number of aryl methyl sites for hydroxylation is 2. The summed E-state index contributed by atoms with van der Waals surface area (Å²) in [7, 11) is 3.73. The van der Waals surface area contributed by atoms with Crippen LogP contribution in [-0.4, -0.2) is 50.7 Å². The monoisotopic (exact) mass is 511 g/mol. The van der Waals surface area contributed by atoms with Gasteiger partial charge in [-0.05, 0) is 67.7 Å². The Hall–Kier alpha value is -3.32. The van der Waals surface area contributed by atoms with E-state index >= 15 is 0 Å². The number of nitrogens with zero attached hydrogens (tertiary/aromatic N) is 4. The first-order chi connectivity index (χ1) is 18.5. The topological polar surface area (TPSA) is 78.3 Å². The lowest BCUT2D eigenvalue weighted by Gasteiger charge is -2.27. The lowest BCUT2D eigenvalue weighted by molar-refractivity contribution is 0.0700. The maximum atomic E-state index is 13.6. The number of benzene rings is 2. The number of hydrogen-bond acceptors (Lipinski definition) is 4. The zero-order chi connectivity index (χ0) is 26.1. The number of ether oxygens (including phenoxy) is 1. The van der Waals surface area contributed by atoms with E-state index in [0.29, 0.717) is 17.2 Å². The van der Waals surface area contributed by atoms with Crippen molar-refractivity contribution in [1.82, 2.24) is 19.0 Å². The van der Waals surface area contributed by atoms with Crippen molar-refractivity contribution >= 4 is 27.8 Å². The first-order valence-electron chi connectivity index (χ1n) is 14.2. The van der Waals surface area contributed by atoms with E-state index in [1.54, 1.807) is 7.11 Å². The fourth-order valence-electron chi connectivity index (χ4n) is 7.07. The van der Waals surface area contributed by atoms with Gasteiger partial charge in [-0.15, -0.1) is 0 Å². The van der Waals surface area contributed by atoms with Crippen LogP contribution in [0.5, 0.6) is 5.75 Å². The number of carbonyl (C=O) groups excluding carboxylic acids is 1. The molecule has 2 saturated carbocycles. The third-order valence-electron chi connectivity index (χ3n) is 9.21. The number of piperidine rings is 1. The van der Waals surface area contributed by atoms with Crippen molar-refractivity contribution in [2.45, 2.75) is 64.1 Å². The van der Waals surface area contributed by atoms with Crippen molar-refractivity contribution in [2.75, 3.05) is 13.7 Å². The largest absolute Gasteiger partial charge is 0.494 e. The number of likely N-dealkylation sites (tertiary alicyclic amines) is 1. The number of methoxy groups -OCH3 is 1. The molecule has 2 aromatic carbocycles. The molecular weight excluding hydrogens is 474 g/mol. The lowest BCUT2D eigenvalue weighted by Crippen LogP contribution is -2.41. The molecule has 0 spiro atoms. The van der Waals surface area contributed by atoms with Crippen molar-refractivity contribution in [1.29, 1.82) is 0 Å². The highest BCUT2D eigenvalue weighted by Gasteiger charge is 2.47. The van der Waals surface area contributed by atoms with Crippen molar-refractivity contribution < 1.29 is 9.53 Å². The van der Waals surface area contributed by atoms with E-state index in [-0.39, 0.29) is 18.0 Å². The van der Waals surface area contributed by atoms with Crippen LogP contribution in [0.1, 0.15) is 54.9 Å². The molecule has 7 heteroatoms. The molecule has 3 heterocycles. The quantitative estimate of drug-likeness (QED) is 0.373. The molecule has 2 bridgehead atoms. The molecule has 198 valence electrons. The van der Waals surface area contributed by atoms with Gasteiger partial charge in [0, 0.05) is 43.2 Å². The number of fused-ring (bicyclic) bond motifs is 4.